The van der Waals surface area contributed by atoms with Crippen LogP contribution in [0.15, 0.2) is 48.5 Å². The first kappa shape index (κ1) is 26.9. The second-order valence-electron chi connectivity index (χ2n) is 9.77. The number of carbonyl (C=O) groups excluding carboxylic acids is 2. The summed E-state index contributed by atoms with van der Waals surface area (Å²) < 4.78 is 20.4. The van der Waals surface area contributed by atoms with Gasteiger partial charge in [-0.15, -0.1) is 0 Å². The predicted octanol–water partition coefficient (Wildman–Crippen LogP) is 5.04. The third-order valence-electron chi connectivity index (χ3n) is 5.59. The van der Waals surface area contributed by atoms with Gasteiger partial charge in [-0.3, -0.25) is 4.79 Å². The topological polar surface area (TPSA) is 88.5 Å². The molecule has 0 aliphatic rings. The highest BCUT2D eigenvalue weighted by Crippen LogP contribution is 2.27. The van der Waals surface area contributed by atoms with E-state index >= 15 is 0 Å². The molecule has 0 saturated carbocycles. The SMILES string of the molecule is COCCN(CC(=O)Nc1cc(C(C)(C)C)nn1-c1ccc(C)cc1C)C(=O)Nc1cccc(F)c1. The second-order valence-corrected chi connectivity index (χ2v) is 9.77. The molecule has 0 radical (unpaired) electrons. The summed E-state index contributed by atoms with van der Waals surface area (Å²) in [7, 11) is 1.51. The number of nitrogens with zero attached hydrogens (tertiary/aromatic N) is 3. The van der Waals surface area contributed by atoms with Crippen LogP contribution in [0.4, 0.5) is 20.7 Å². The molecule has 0 aliphatic carbocycles. The maximum absolute atomic E-state index is 13.5. The Kier molecular flexibility index (Phi) is 8.47. The number of rotatable bonds is 8. The van der Waals surface area contributed by atoms with Gasteiger partial charge >= 0.3 is 6.03 Å². The molecule has 192 valence electrons. The Hall–Kier alpha value is -3.72. The van der Waals surface area contributed by atoms with Crippen molar-refractivity contribution in [3.05, 3.63) is 71.2 Å². The van der Waals surface area contributed by atoms with E-state index in [1.807, 2.05) is 32.0 Å². The van der Waals surface area contributed by atoms with Crippen LogP contribution in [0.5, 0.6) is 0 Å². The summed E-state index contributed by atoms with van der Waals surface area (Å²) in [5.74, 6) is -0.357. The fraction of sp³-hybridized carbons (Fsp3) is 0.370. The number of hydrogen-bond acceptors (Lipinski definition) is 4. The van der Waals surface area contributed by atoms with E-state index in [4.69, 9.17) is 9.84 Å². The summed E-state index contributed by atoms with van der Waals surface area (Å²) in [6, 6.07) is 12.9. The highest BCUT2D eigenvalue weighted by molar-refractivity contribution is 5.96. The maximum atomic E-state index is 13.5. The number of methoxy groups -OCH3 is 1. The first-order chi connectivity index (χ1) is 17.0. The smallest absolute Gasteiger partial charge is 0.322 e. The number of anilines is 2. The van der Waals surface area contributed by atoms with Crippen molar-refractivity contribution in [2.75, 3.05) is 37.4 Å². The molecular formula is C27H34FN5O3. The monoisotopic (exact) mass is 495 g/mol. The maximum Gasteiger partial charge on any atom is 0.322 e. The fourth-order valence-electron chi connectivity index (χ4n) is 3.64. The van der Waals surface area contributed by atoms with E-state index < -0.39 is 17.8 Å². The number of hydrogen-bond donors (Lipinski definition) is 2. The van der Waals surface area contributed by atoms with E-state index in [1.54, 1.807) is 10.7 Å². The second kappa shape index (κ2) is 11.3. The lowest BCUT2D eigenvalue weighted by molar-refractivity contribution is -0.116. The number of halogens is 1. The fourth-order valence-corrected chi connectivity index (χ4v) is 3.64. The lowest BCUT2D eigenvalue weighted by Gasteiger charge is -2.22. The van der Waals surface area contributed by atoms with E-state index in [1.165, 1.54) is 30.2 Å². The zero-order valence-electron chi connectivity index (χ0n) is 21.7. The minimum absolute atomic E-state index is 0.175. The zero-order valence-corrected chi connectivity index (χ0v) is 21.7. The molecule has 1 heterocycles. The van der Waals surface area contributed by atoms with E-state index in [-0.39, 0.29) is 25.1 Å². The van der Waals surface area contributed by atoms with Crippen LogP contribution in [-0.4, -0.2) is 53.4 Å². The van der Waals surface area contributed by atoms with Crippen LogP contribution in [0, 0.1) is 19.7 Å². The van der Waals surface area contributed by atoms with Crippen LogP contribution >= 0.6 is 0 Å². The molecule has 2 N–H and O–H groups in total. The van der Waals surface area contributed by atoms with Gasteiger partial charge in [0, 0.05) is 30.8 Å². The number of aryl methyl sites for hydroxylation is 2. The van der Waals surface area contributed by atoms with E-state index in [0.717, 1.165) is 22.5 Å². The van der Waals surface area contributed by atoms with Gasteiger partial charge in [0.05, 0.1) is 18.0 Å². The van der Waals surface area contributed by atoms with Crippen LogP contribution in [0.1, 0.15) is 37.6 Å². The van der Waals surface area contributed by atoms with Gasteiger partial charge in [0.15, 0.2) is 0 Å². The summed E-state index contributed by atoms with van der Waals surface area (Å²) in [6.07, 6.45) is 0. The Bertz CT molecular complexity index is 1230. The quantitative estimate of drug-likeness (QED) is 0.458. The normalized spacial score (nSPS) is 11.3. The van der Waals surface area contributed by atoms with Gasteiger partial charge < -0.3 is 20.3 Å². The lowest BCUT2D eigenvalue weighted by Crippen LogP contribution is -2.42. The van der Waals surface area contributed by atoms with Crippen molar-refractivity contribution in [1.82, 2.24) is 14.7 Å². The molecule has 8 nitrogen and oxygen atoms in total. The average molecular weight is 496 g/mol. The Morgan fingerprint density at radius 2 is 1.83 bits per heavy atom. The Morgan fingerprint density at radius 1 is 1.08 bits per heavy atom. The van der Waals surface area contributed by atoms with Crippen molar-refractivity contribution in [3.63, 3.8) is 0 Å². The van der Waals surface area contributed by atoms with Gasteiger partial charge in [-0.25, -0.2) is 13.9 Å². The first-order valence-electron chi connectivity index (χ1n) is 11.8. The number of amides is 3. The van der Waals surface area contributed by atoms with Gasteiger partial charge in [0.25, 0.3) is 0 Å². The molecule has 1 aromatic heterocycles. The first-order valence-corrected chi connectivity index (χ1v) is 11.8. The molecule has 2 aromatic carbocycles. The molecule has 3 rings (SSSR count). The average Bonchev–Trinajstić information content (AvgIpc) is 3.20. The van der Waals surface area contributed by atoms with Gasteiger partial charge in [-0.2, -0.15) is 5.10 Å². The Morgan fingerprint density at radius 3 is 2.47 bits per heavy atom. The predicted molar refractivity (Wildman–Crippen MR) is 139 cm³/mol. The van der Waals surface area contributed by atoms with Crippen molar-refractivity contribution in [2.45, 2.75) is 40.0 Å². The molecular weight excluding hydrogens is 461 g/mol. The zero-order chi connectivity index (χ0) is 26.5. The number of nitrogens with one attached hydrogen (secondary N) is 2. The van der Waals surface area contributed by atoms with Crippen LogP contribution in [0.25, 0.3) is 5.69 Å². The molecule has 0 saturated heterocycles. The lowest BCUT2D eigenvalue weighted by atomic mass is 9.92. The van der Waals surface area contributed by atoms with Crippen LogP contribution < -0.4 is 10.6 Å². The third-order valence-corrected chi connectivity index (χ3v) is 5.59. The summed E-state index contributed by atoms with van der Waals surface area (Å²) in [4.78, 5) is 27.3. The van der Waals surface area contributed by atoms with Gasteiger partial charge in [-0.05, 0) is 43.7 Å². The van der Waals surface area contributed by atoms with E-state index in [0.29, 0.717) is 11.5 Å². The van der Waals surface area contributed by atoms with Crippen LogP contribution in [-0.2, 0) is 14.9 Å². The summed E-state index contributed by atoms with van der Waals surface area (Å²) in [5.41, 5.74) is 3.88. The van der Waals surface area contributed by atoms with Gasteiger partial charge in [0.2, 0.25) is 5.91 Å². The number of carbonyl (C=O) groups is 2. The van der Waals surface area contributed by atoms with Gasteiger partial charge in [0.1, 0.15) is 18.2 Å². The number of ether oxygens (including phenoxy) is 1. The summed E-state index contributed by atoms with van der Waals surface area (Å²) in [6.45, 7) is 10.4. The van der Waals surface area contributed by atoms with E-state index in [9.17, 15) is 14.0 Å². The van der Waals surface area contributed by atoms with Crippen LogP contribution in [0.3, 0.4) is 0 Å². The van der Waals surface area contributed by atoms with Crippen molar-refractivity contribution in [3.8, 4) is 5.69 Å². The van der Waals surface area contributed by atoms with Crippen molar-refractivity contribution < 1.29 is 18.7 Å². The molecule has 0 spiro atoms. The highest BCUT2D eigenvalue weighted by Gasteiger charge is 2.23. The third kappa shape index (κ3) is 6.91. The van der Waals surface area contributed by atoms with Gasteiger partial charge in [-0.1, -0.05) is 44.5 Å². The van der Waals surface area contributed by atoms with Crippen molar-refractivity contribution in [2.24, 2.45) is 0 Å². The van der Waals surface area contributed by atoms with Crippen molar-refractivity contribution >= 4 is 23.4 Å². The molecule has 0 atom stereocenters. The molecule has 0 aliphatic heterocycles. The molecule has 3 amide bonds. The molecule has 36 heavy (non-hydrogen) atoms. The highest BCUT2D eigenvalue weighted by atomic mass is 19.1. The van der Waals surface area contributed by atoms with Crippen LogP contribution in [0.2, 0.25) is 0 Å². The molecule has 0 bridgehead atoms. The molecule has 0 fully saturated rings. The van der Waals surface area contributed by atoms with Crippen molar-refractivity contribution in [1.29, 1.82) is 0 Å². The Labute approximate surface area is 211 Å². The number of benzene rings is 2. The molecule has 3 aromatic rings. The minimum Gasteiger partial charge on any atom is -0.383 e. The standard InChI is InChI=1S/C27H34FN5O3/c1-18-10-11-22(19(2)14-18)33-24(16-23(31-33)27(3,4)5)30-25(34)17-32(12-13-36-6)26(35)29-21-9-7-8-20(28)15-21/h7-11,14-16H,12-13,17H2,1-6H3,(H,29,35)(H,30,34). The number of urea groups is 1. The summed E-state index contributed by atoms with van der Waals surface area (Å²) >= 11 is 0. The minimum atomic E-state index is -0.536. The largest absolute Gasteiger partial charge is 0.383 e. The molecule has 9 heteroatoms. The molecule has 0 unspecified atom stereocenters. The van der Waals surface area contributed by atoms with E-state index in [2.05, 4.69) is 37.5 Å². The Balaban J connectivity index is 1.83. The summed E-state index contributed by atoms with van der Waals surface area (Å²) in [5, 5.41) is 10.3. The number of aromatic nitrogens is 2.